The van der Waals surface area contributed by atoms with Gasteiger partial charge in [0.05, 0.1) is 19.3 Å². The van der Waals surface area contributed by atoms with Gasteiger partial charge >= 0.3 is 0 Å². The van der Waals surface area contributed by atoms with E-state index in [0.29, 0.717) is 18.8 Å². The van der Waals surface area contributed by atoms with Crippen molar-refractivity contribution in [2.24, 2.45) is 0 Å². The number of hydrogen-bond acceptors (Lipinski definition) is 5. The normalized spacial score (nSPS) is 15.8. The first-order valence-electron chi connectivity index (χ1n) is 9.06. The van der Waals surface area contributed by atoms with Gasteiger partial charge < -0.3 is 10.1 Å². The first-order chi connectivity index (χ1) is 13.7. The number of thioether (sulfide) groups is 1. The summed E-state index contributed by atoms with van der Waals surface area (Å²) in [5.74, 6) is 0.687. The molecule has 2 N–H and O–H groups in total. The Labute approximate surface area is 168 Å². The first-order valence-corrected chi connectivity index (χ1v) is 10.3. The van der Waals surface area contributed by atoms with Crippen molar-refractivity contribution in [2.75, 3.05) is 19.9 Å². The van der Waals surface area contributed by atoms with E-state index in [1.54, 1.807) is 23.6 Å². The zero-order chi connectivity index (χ0) is 19.5. The number of hydrogen-bond donors (Lipinski definition) is 2. The predicted molar refractivity (Wildman–Crippen MR) is 111 cm³/mol. The molecule has 0 spiro atoms. The van der Waals surface area contributed by atoms with E-state index in [0.717, 1.165) is 17.0 Å². The highest BCUT2D eigenvalue weighted by Gasteiger charge is 2.27. The number of ether oxygens (including phenoxy) is 1. The van der Waals surface area contributed by atoms with E-state index < -0.39 is 0 Å². The maximum absolute atomic E-state index is 12.3. The third-order valence-electron chi connectivity index (χ3n) is 4.81. The fourth-order valence-corrected chi connectivity index (χ4v) is 3.62. The van der Waals surface area contributed by atoms with E-state index in [2.05, 4.69) is 41.2 Å². The van der Waals surface area contributed by atoms with E-state index in [-0.39, 0.29) is 12.1 Å². The lowest BCUT2D eigenvalue weighted by Crippen LogP contribution is -2.45. The summed E-state index contributed by atoms with van der Waals surface area (Å²) in [5.41, 5.74) is 3.47. The molecule has 1 unspecified atom stereocenters. The molecule has 2 heterocycles. The Bertz CT molecular complexity index is 967. The molecule has 1 atom stereocenters. The van der Waals surface area contributed by atoms with Gasteiger partial charge in [-0.15, -0.1) is 11.8 Å². The van der Waals surface area contributed by atoms with E-state index >= 15 is 0 Å². The molecule has 1 amide bonds. The Morgan fingerprint density at radius 1 is 1.21 bits per heavy atom. The Morgan fingerprint density at radius 2 is 1.96 bits per heavy atom. The number of carbonyl (C=O) groups excluding carboxylic acids is 1. The molecule has 0 bridgehead atoms. The summed E-state index contributed by atoms with van der Waals surface area (Å²) in [4.78, 5) is 13.5. The van der Waals surface area contributed by atoms with Gasteiger partial charge in [0.1, 0.15) is 17.6 Å². The van der Waals surface area contributed by atoms with Crippen LogP contribution in [-0.2, 0) is 6.54 Å². The molecular formula is C21H22N4O2S. The van der Waals surface area contributed by atoms with Gasteiger partial charge in [0.15, 0.2) is 0 Å². The van der Waals surface area contributed by atoms with E-state index in [1.165, 1.54) is 10.5 Å². The molecule has 1 aliphatic heterocycles. The number of methoxy groups -OCH3 is 1. The lowest BCUT2D eigenvalue weighted by molar-refractivity contribution is 0.0900. The second-order valence-electron chi connectivity index (χ2n) is 6.54. The molecule has 3 aromatic rings. The van der Waals surface area contributed by atoms with Crippen molar-refractivity contribution in [1.29, 1.82) is 0 Å². The van der Waals surface area contributed by atoms with E-state index in [9.17, 15) is 4.79 Å². The lowest BCUT2D eigenvalue weighted by Gasteiger charge is -2.25. The molecule has 28 heavy (non-hydrogen) atoms. The molecule has 0 saturated carbocycles. The third kappa shape index (κ3) is 3.76. The summed E-state index contributed by atoms with van der Waals surface area (Å²) < 4.78 is 6.99. The van der Waals surface area contributed by atoms with Crippen molar-refractivity contribution >= 4 is 17.7 Å². The summed E-state index contributed by atoms with van der Waals surface area (Å²) in [6, 6.07) is 18.0. The van der Waals surface area contributed by atoms with Crippen LogP contribution in [0.2, 0.25) is 0 Å². The third-order valence-corrected chi connectivity index (χ3v) is 5.55. The van der Waals surface area contributed by atoms with Crippen molar-refractivity contribution in [3.63, 3.8) is 0 Å². The maximum Gasteiger partial charge on any atom is 0.269 e. The van der Waals surface area contributed by atoms with Gasteiger partial charge in [-0.2, -0.15) is 5.10 Å². The largest absolute Gasteiger partial charge is 0.497 e. The van der Waals surface area contributed by atoms with Gasteiger partial charge in [0, 0.05) is 17.0 Å². The molecule has 0 fully saturated rings. The predicted octanol–water partition coefficient (Wildman–Crippen LogP) is 3.31. The molecule has 2 aromatic carbocycles. The van der Waals surface area contributed by atoms with Gasteiger partial charge in [-0.25, -0.2) is 4.68 Å². The van der Waals surface area contributed by atoms with Crippen molar-refractivity contribution in [2.45, 2.75) is 17.6 Å². The molecule has 0 radical (unpaired) electrons. The minimum atomic E-state index is -0.102. The fraction of sp³-hybridized carbons (Fsp3) is 0.238. The van der Waals surface area contributed by atoms with Crippen LogP contribution in [0.4, 0.5) is 0 Å². The number of rotatable bonds is 6. The number of fused-ring (bicyclic) bond motifs is 1. The van der Waals surface area contributed by atoms with Crippen molar-refractivity contribution in [3.8, 4) is 17.0 Å². The van der Waals surface area contributed by atoms with Crippen LogP contribution < -0.4 is 15.4 Å². The minimum absolute atomic E-state index is 0.0973. The molecule has 0 aliphatic carbocycles. The van der Waals surface area contributed by atoms with Crippen molar-refractivity contribution < 1.29 is 9.53 Å². The van der Waals surface area contributed by atoms with Crippen LogP contribution in [0, 0.1) is 0 Å². The summed E-state index contributed by atoms with van der Waals surface area (Å²) in [5, 5.41) is 11.1. The molecule has 1 aromatic heterocycles. The molecule has 1 aliphatic rings. The Kier molecular flexibility index (Phi) is 5.36. The van der Waals surface area contributed by atoms with Gasteiger partial charge in [0.25, 0.3) is 5.91 Å². The van der Waals surface area contributed by atoms with Gasteiger partial charge in [-0.3, -0.25) is 10.1 Å². The maximum atomic E-state index is 12.3. The summed E-state index contributed by atoms with van der Waals surface area (Å²) in [7, 11) is 1.64. The SMILES string of the molecule is COc1ccc(-c2cc3n(n2)C(NCc2ccc(SC)cc2)CNC3=O)cc1. The van der Waals surface area contributed by atoms with Crippen LogP contribution in [-0.4, -0.2) is 35.6 Å². The molecule has 0 saturated heterocycles. The van der Waals surface area contributed by atoms with Crippen molar-refractivity contribution in [3.05, 3.63) is 65.9 Å². The van der Waals surface area contributed by atoms with Crippen LogP contribution in [0.3, 0.4) is 0 Å². The molecule has 6 nitrogen and oxygen atoms in total. The van der Waals surface area contributed by atoms with Crippen molar-refractivity contribution in [1.82, 2.24) is 20.4 Å². The van der Waals surface area contributed by atoms with Crippen LogP contribution in [0.1, 0.15) is 22.2 Å². The number of benzene rings is 2. The number of nitrogens with one attached hydrogen (secondary N) is 2. The average Bonchev–Trinajstić information content (AvgIpc) is 3.20. The second kappa shape index (κ2) is 8.08. The smallest absolute Gasteiger partial charge is 0.269 e. The van der Waals surface area contributed by atoms with E-state index in [1.807, 2.05) is 30.3 Å². The van der Waals surface area contributed by atoms with Crippen LogP contribution in [0.15, 0.2) is 59.5 Å². The quantitative estimate of drug-likeness (QED) is 0.628. The Balaban J connectivity index is 1.54. The highest BCUT2D eigenvalue weighted by atomic mass is 32.2. The number of aromatic nitrogens is 2. The zero-order valence-electron chi connectivity index (χ0n) is 15.8. The lowest BCUT2D eigenvalue weighted by atomic mass is 10.1. The highest BCUT2D eigenvalue weighted by molar-refractivity contribution is 7.98. The monoisotopic (exact) mass is 394 g/mol. The Hall–Kier alpha value is -2.77. The van der Waals surface area contributed by atoms with Gasteiger partial charge in [0.2, 0.25) is 0 Å². The van der Waals surface area contributed by atoms with Crippen LogP contribution >= 0.6 is 11.8 Å². The molecule has 144 valence electrons. The first kappa shape index (κ1) is 18.6. The Morgan fingerprint density at radius 3 is 2.64 bits per heavy atom. The average molecular weight is 395 g/mol. The number of nitrogens with zero attached hydrogens (tertiary/aromatic N) is 2. The van der Waals surface area contributed by atoms with Crippen LogP contribution in [0.25, 0.3) is 11.3 Å². The standard InChI is InChI=1S/C21H22N4O2S/c1-27-16-7-5-15(6-8-16)18-11-19-21(26)23-13-20(25(19)24-18)22-12-14-3-9-17(28-2)10-4-14/h3-11,20,22H,12-13H2,1-2H3,(H,23,26). The fourth-order valence-electron chi connectivity index (χ4n) is 3.21. The minimum Gasteiger partial charge on any atom is -0.497 e. The summed E-state index contributed by atoms with van der Waals surface area (Å²) >= 11 is 1.73. The number of amides is 1. The summed E-state index contributed by atoms with van der Waals surface area (Å²) in [6.07, 6.45) is 1.97. The van der Waals surface area contributed by atoms with E-state index in [4.69, 9.17) is 9.84 Å². The van der Waals surface area contributed by atoms with Gasteiger partial charge in [-0.05, 0) is 54.3 Å². The summed E-state index contributed by atoms with van der Waals surface area (Å²) in [6.45, 7) is 1.20. The zero-order valence-corrected chi connectivity index (χ0v) is 16.6. The number of carbonyl (C=O) groups is 1. The second-order valence-corrected chi connectivity index (χ2v) is 7.42. The van der Waals surface area contributed by atoms with Gasteiger partial charge in [-0.1, -0.05) is 12.1 Å². The molecule has 4 rings (SSSR count). The topological polar surface area (TPSA) is 68.2 Å². The highest BCUT2D eigenvalue weighted by Crippen LogP contribution is 2.25. The van der Waals surface area contributed by atoms with Crippen LogP contribution in [0.5, 0.6) is 5.75 Å². The molecular weight excluding hydrogens is 372 g/mol. The molecule has 7 heteroatoms.